The van der Waals surface area contributed by atoms with E-state index in [0.717, 1.165) is 39.2 Å². The molecule has 0 aliphatic rings. The fraction of sp³-hybridized carbons (Fsp3) is 1.00. The fourth-order valence-electron chi connectivity index (χ4n) is 5.52. The van der Waals surface area contributed by atoms with Gasteiger partial charge in [-0.15, -0.1) is 0 Å². The van der Waals surface area contributed by atoms with Crippen molar-refractivity contribution in [1.82, 2.24) is 10.2 Å². The normalized spacial score (nSPS) is 13.3. The van der Waals surface area contributed by atoms with Crippen LogP contribution in [0.4, 0.5) is 0 Å². The lowest BCUT2D eigenvalue weighted by Crippen LogP contribution is -2.33. The fourth-order valence-corrected chi connectivity index (χ4v) is 8.02. The number of thioether (sulfide) groups is 2. The maximum atomic E-state index is 10.4. The van der Waals surface area contributed by atoms with Gasteiger partial charge in [-0.05, 0) is 56.9 Å². The lowest BCUT2D eigenvalue weighted by Gasteiger charge is -2.19. The molecule has 0 radical (unpaired) electrons. The Bertz CT molecular complexity index is 511. The van der Waals surface area contributed by atoms with E-state index in [9.17, 15) is 5.11 Å². The van der Waals surface area contributed by atoms with Crippen molar-refractivity contribution < 1.29 is 9.84 Å². The van der Waals surface area contributed by atoms with Gasteiger partial charge in [0.25, 0.3) is 0 Å². The average Bonchev–Trinajstić information content (AvgIpc) is 3.01. The summed E-state index contributed by atoms with van der Waals surface area (Å²) in [5.74, 6) is 3.71. The summed E-state index contributed by atoms with van der Waals surface area (Å²) < 4.78 is 6.06. The van der Waals surface area contributed by atoms with Crippen LogP contribution in [0.25, 0.3) is 0 Å². The molecule has 4 nitrogen and oxygen atoms in total. The Hall–Kier alpha value is 0.540. The molecule has 0 fully saturated rings. The summed E-state index contributed by atoms with van der Waals surface area (Å²) in [7, 11) is 0. The van der Waals surface area contributed by atoms with Crippen LogP contribution in [0.3, 0.4) is 0 Å². The number of aliphatic hydroxyl groups is 1. The van der Waals surface area contributed by atoms with Gasteiger partial charge in [-0.25, -0.2) is 0 Å². The van der Waals surface area contributed by atoms with Gasteiger partial charge in [-0.2, -0.15) is 23.5 Å². The molecule has 0 aromatic carbocycles. The molecule has 0 aliphatic heterocycles. The highest BCUT2D eigenvalue weighted by molar-refractivity contribution is 8.03. The molecule has 2 atom stereocenters. The van der Waals surface area contributed by atoms with E-state index >= 15 is 0 Å². The van der Waals surface area contributed by atoms with Gasteiger partial charge >= 0.3 is 0 Å². The molecule has 0 spiro atoms. The van der Waals surface area contributed by atoms with Gasteiger partial charge in [0, 0.05) is 17.5 Å². The molecule has 6 heteroatoms. The number of hydrogen-bond acceptors (Lipinski definition) is 6. The number of aliphatic hydroxyl groups excluding tert-OH is 1. The molecule has 0 rings (SSSR count). The molecule has 0 aliphatic carbocycles. The molecule has 0 saturated heterocycles. The van der Waals surface area contributed by atoms with Crippen molar-refractivity contribution >= 4 is 23.5 Å². The van der Waals surface area contributed by atoms with Gasteiger partial charge in [0.2, 0.25) is 0 Å². The Kier molecular flexibility index (Phi) is 37.5. The van der Waals surface area contributed by atoms with Crippen molar-refractivity contribution in [1.29, 1.82) is 0 Å². The van der Waals surface area contributed by atoms with E-state index in [2.05, 4.69) is 61.4 Å². The zero-order valence-electron chi connectivity index (χ0n) is 29.7. The molecule has 0 heterocycles. The van der Waals surface area contributed by atoms with Gasteiger partial charge in [0.05, 0.1) is 19.3 Å². The highest BCUT2D eigenvalue weighted by Gasteiger charge is 2.12. The minimum Gasteiger partial charge on any atom is -0.389 e. The van der Waals surface area contributed by atoms with E-state index in [1.807, 2.05) is 0 Å². The van der Waals surface area contributed by atoms with Crippen molar-refractivity contribution in [2.24, 2.45) is 0 Å². The highest BCUT2D eigenvalue weighted by Crippen LogP contribution is 2.21. The number of ether oxygens (including phenoxy) is 1. The van der Waals surface area contributed by atoms with Crippen molar-refractivity contribution in [3.05, 3.63) is 0 Å². The van der Waals surface area contributed by atoms with Crippen LogP contribution in [0, 0.1) is 0 Å². The van der Waals surface area contributed by atoms with E-state index < -0.39 is 6.10 Å². The van der Waals surface area contributed by atoms with E-state index in [1.54, 1.807) is 0 Å². The Labute approximate surface area is 279 Å². The first-order valence-electron chi connectivity index (χ1n) is 19.1. The van der Waals surface area contributed by atoms with Gasteiger partial charge in [-0.1, -0.05) is 143 Å². The van der Waals surface area contributed by atoms with Gasteiger partial charge in [0.1, 0.15) is 0 Å². The highest BCUT2D eigenvalue weighted by atomic mass is 32.2. The third kappa shape index (κ3) is 33.7. The number of nitrogens with zero attached hydrogens (tertiary/aromatic N) is 1. The smallest absolute Gasteiger partial charge is 0.0897 e. The summed E-state index contributed by atoms with van der Waals surface area (Å²) in [6.07, 6.45) is 28.8. The lowest BCUT2D eigenvalue weighted by atomic mass is 10.1. The molecule has 2 unspecified atom stereocenters. The SMILES string of the molecule is CCCCCCCCCCCCSCC(COCC(O)CNCCCN(CC)CC)SCCCCCCCCCCCC. The Morgan fingerprint density at radius 2 is 1.09 bits per heavy atom. The second kappa shape index (κ2) is 37.0. The predicted molar refractivity (Wildman–Crippen MR) is 199 cm³/mol. The van der Waals surface area contributed by atoms with E-state index in [0.29, 0.717) is 18.4 Å². The average molecular weight is 647 g/mol. The number of rotatable bonds is 37. The quantitative estimate of drug-likeness (QED) is 0.0655. The molecule has 0 aromatic heterocycles. The molecule has 0 aromatic rings. The summed E-state index contributed by atoms with van der Waals surface area (Å²) in [4.78, 5) is 2.45. The maximum absolute atomic E-state index is 10.4. The Morgan fingerprint density at radius 1 is 0.605 bits per heavy atom. The van der Waals surface area contributed by atoms with Crippen LogP contribution in [-0.4, -0.2) is 84.6 Å². The van der Waals surface area contributed by atoms with Crippen molar-refractivity contribution in [3.8, 4) is 0 Å². The number of unbranched alkanes of at least 4 members (excludes halogenated alkanes) is 18. The third-order valence-corrected chi connectivity index (χ3v) is 11.2. The van der Waals surface area contributed by atoms with Crippen LogP contribution in [-0.2, 0) is 4.74 Å². The first-order valence-corrected chi connectivity index (χ1v) is 21.3. The summed E-state index contributed by atoms with van der Waals surface area (Å²) in [5, 5.41) is 14.4. The molecule has 260 valence electrons. The van der Waals surface area contributed by atoms with Crippen molar-refractivity contribution in [2.45, 2.75) is 174 Å². The lowest BCUT2D eigenvalue weighted by molar-refractivity contribution is 0.0390. The molecule has 2 N–H and O–H groups in total. The van der Waals surface area contributed by atoms with Gasteiger partial charge < -0.3 is 20.1 Å². The van der Waals surface area contributed by atoms with E-state index in [4.69, 9.17) is 4.74 Å². The predicted octanol–water partition coefficient (Wildman–Crippen LogP) is 10.4. The summed E-state index contributed by atoms with van der Waals surface area (Å²) in [6, 6.07) is 0. The molecule has 0 amide bonds. The molecular formula is C37H78N2O2S2. The van der Waals surface area contributed by atoms with Gasteiger partial charge in [0.15, 0.2) is 0 Å². The van der Waals surface area contributed by atoms with Crippen molar-refractivity contribution in [3.63, 3.8) is 0 Å². The summed E-state index contributed by atoms with van der Waals surface area (Å²) >= 11 is 4.24. The van der Waals surface area contributed by atoms with Gasteiger partial charge in [-0.3, -0.25) is 0 Å². The molecule has 43 heavy (non-hydrogen) atoms. The zero-order valence-corrected chi connectivity index (χ0v) is 31.3. The third-order valence-electron chi connectivity index (χ3n) is 8.51. The molecule has 0 saturated carbocycles. The topological polar surface area (TPSA) is 44.7 Å². The van der Waals surface area contributed by atoms with E-state index in [1.165, 1.54) is 146 Å². The number of nitrogens with one attached hydrogen (secondary N) is 1. The molecule has 0 bridgehead atoms. The largest absolute Gasteiger partial charge is 0.389 e. The number of hydrogen-bond donors (Lipinski definition) is 2. The first kappa shape index (κ1) is 43.5. The van der Waals surface area contributed by atoms with Crippen LogP contribution >= 0.6 is 23.5 Å². The van der Waals surface area contributed by atoms with E-state index in [-0.39, 0.29) is 0 Å². The standard InChI is InChI=1S/C37H78N2O2S2/c1-5-9-11-13-15-17-19-21-23-25-30-42-35-37(43-31-26-24-22-20-18-16-14-12-10-6-2)34-41-33-36(40)32-38-28-27-29-39(7-3)8-4/h36-38,40H,5-35H2,1-4H3. The summed E-state index contributed by atoms with van der Waals surface area (Å²) in [6.45, 7) is 15.2. The van der Waals surface area contributed by atoms with Crippen LogP contribution in [0.5, 0.6) is 0 Å². The second-order valence-corrected chi connectivity index (χ2v) is 15.3. The van der Waals surface area contributed by atoms with Crippen LogP contribution in [0.15, 0.2) is 0 Å². The second-order valence-electron chi connectivity index (χ2n) is 12.7. The van der Waals surface area contributed by atoms with Crippen LogP contribution < -0.4 is 5.32 Å². The zero-order chi connectivity index (χ0) is 31.5. The minimum absolute atomic E-state index is 0.416. The summed E-state index contributed by atoms with van der Waals surface area (Å²) in [5.41, 5.74) is 0. The van der Waals surface area contributed by atoms with Crippen LogP contribution in [0.1, 0.15) is 163 Å². The molecular weight excluding hydrogens is 569 g/mol. The minimum atomic E-state index is -0.416. The maximum Gasteiger partial charge on any atom is 0.0897 e. The monoisotopic (exact) mass is 647 g/mol. The first-order chi connectivity index (χ1) is 21.2. The Morgan fingerprint density at radius 3 is 1.60 bits per heavy atom. The van der Waals surface area contributed by atoms with Crippen molar-refractivity contribution in [2.75, 3.05) is 63.2 Å². The Balaban J connectivity index is 4.07. The van der Waals surface area contributed by atoms with Crippen LogP contribution in [0.2, 0.25) is 0 Å².